The lowest BCUT2D eigenvalue weighted by molar-refractivity contribution is -0.384. The number of nitro benzene ring substituents is 1. The predicted octanol–water partition coefficient (Wildman–Crippen LogP) is 3.02. The SMILES string of the molecule is O=C(CSc1nc2ccc([N+](=O)[O-])cc2[nH]1)NCc1ccc(F)cc1. The molecule has 9 heteroatoms. The highest BCUT2D eigenvalue weighted by Crippen LogP contribution is 2.23. The van der Waals surface area contributed by atoms with Crippen LogP contribution >= 0.6 is 11.8 Å². The molecule has 0 radical (unpaired) electrons. The number of carbonyl (C=O) groups excluding carboxylic acids is 1. The molecule has 1 heterocycles. The largest absolute Gasteiger partial charge is 0.351 e. The molecule has 0 aliphatic heterocycles. The summed E-state index contributed by atoms with van der Waals surface area (Å²) >= 11 is 1.20. The molecule has 3 rings (SSSR count). The number of aromatic amines is 1. The van der Waals surface area contributed by atoms with Gasteiger partial charge in [0.2, 0.25) is 5.91 Å². The van der Waals surface area contributed by atoms with Crippen molar-refractivity contribution in [3.05, 3.63) is 64.0 Å². The van der Waals surface area contributed by atoms with Gasteiger partial charge in [0, 0.05) is 18.7 Å². The summed E-state index contributed by atoms with van der Waals surface area (Å²) in [5, 5.41) is 14.0. The van der Waals surface area contributed by atoms with Crippen LogP contribution in [0.5, 0.6) is 0 Å². The Balaban J connectivity index is 1.55. The Morgan fingerprint density at radius 1 is 1.28 bits per heavy atom. The van der Waals surface area contributed by atoms with Gasteiger partial charge in [-0.15, -0.1) is 0 Å². The normalized spacial score (nSPS) is 10.8. The number of nitro groups is 1. The van der Waals surface area contributed by atoms with Gasteiger partial charge in [0.15, 0.2) is 5.16 Å². The average molecular weight is 360 g/mol. The molecule has 0 saturated carbocycles. The van der Waals surface area contributed by atoms with Crippen LogP contribution in [0.1, 0.15) is 5.56 Å². The van der Waals surface area contributed by atoms with Crippen LogP contribution in [0.4, 0.5) is 10.1 Å². The number of amides is 1. The van der Waals surface area contributed by atoms with Crippen LogP contribution in [0.3, 0.4) is 0 Å². The fraction of sp³-hybridized carbons (Fsp3) is 0.125. The molecule has 0 unspecified atom stereocenters. The molecule has 0 aliphatic rings. The van der Waals surface area contributed by atoms with E-state index in [0.717, 1.165) is 5.56 Å². The number of benzene rings is 2. The minimum atomic E-state index is -0.476. The summed E-state index contributed by atoms with van der Waals surface area (Å²) in [7, 11) is 0. The molecule has 0 atom stereocenters. The van der Waals surface area contributed by atoms with Crippen LogP contribution < -0.4 is 5.32 Å². The molecule has 0 fully saturated rings. The third kappa shape index (κ3) is 4.32. The zero-order valence-corrected chi connectivity index (χ0v) is 13.7. The zero-order valence-electron chi connectivity index (χ0n) is 12.9. The predicted molar refractivity (Wildman–Crippen MR) is 91.7 cm³/mol. The van der Waals surface area contributed by atoms with Crippen LogP contribution in [-0.2, 0) is 11.3 Å². The van der Waals surface area contributed by atoms with Crippen LogP contribution in [0, 0.1) is 15.9 Å². The van der Waals surface area contributed by atoms with Crippen molar-refractivity contribution in [1.29, 1.82) is 0 Å². The Kier molecular flexibility index (Phi) is 4.94. The van der Waals surface area contributed by atoms with Gasteiger partial charge in [-0.05, 0) is 23.8 Å². The third-order valence-corrected chi connectivity index (χ3v) is 4.27. The molecule has 2 N–H and O–H groups in total. The van der Waals surface area contributed by atoms with Gasteiger partial charge in [0.1, 0.15) is 5.82 Å². The van der Waals surface area contributed by atoms with E-state index in [-0.39, 0.29) is 23.2 Å². The number of hydrogen-bond acceptors (Lipinski definition) is 5. The Bertz CT molecular complexity index is 927. The van der Waals surface area contributed by atoms with Gasteiger partial charge in [0.05, 0.1) is 21.7 Å². The highest BCUT2D eigenvalue weighted by atomic mass is 32.2. The first-order chi connectivity index (χ1) is 12.0. The molecular weight excluding hydrogens is 347 g/mol. The van der Waals surface area contributed by atoms with Gasteiger partial charge >= 0.3 is 0 Å². The summed E-state index contributed by atoms with van der Waals surface area (Å²) in [6, 6.07) is 10.2. The van der Waals surface area contributed by atoms with Crippen molar-refractivity contribution in [3.8, 4) is 0 Å². The van der Waals surface area contributed by atoms with E-state index in [0.29, 0.717) is 22.7 Å². The van der Waals surface area contributed by atoms with Gasteiger partial charge in [-0.1, -0.05) is 23.9 Å². The smallest absolute Gasteiger partial charge is 0.271 e. The van der Waals surface area contributed by atoms with Gasteiger partial charge in [-0.2, -0.15) is 0 Å². The molecule has 0 aliphatic carbocycles. The van der Waals surface area contributed by atoms with Gasteiger partial charge in [-0.25, -0.2) is 9.37 Å². The van der Waals surface area contributed by atoms with E-state index in [1.165, 1.54) is 36.0 Å². The lowest BCUT2D eigenvalue weighted by Crippen LogP contribution is -2.24. The molecule has 0 saturated heterocycles. The molecule has 25 heavy (non-hydrogen) atoms. The van der Waals surface area contributed by atoms with Crippen molar-refractivity contribution in [2.75, 3.05) is 5.75 Å². The quantitative estimate of drug-likeness (QED) is 0.400. The summed E-state index contributed by atoms with van der Waals surface area (Å²) in [5.74, 6) is -0.375. The minimum Gasteiger partial charge on any atom is -0.351 e. The number of thioether (sulfide) groups is 1. The van der Waals surface area contributed by atoms with Crippen molar-refractivity contribution < 1.29 is 14.1 Å². The molecule has 1 amide bonds. The third-order valence-electron chi connectivity index (χ3n) is 3.40. The monoisotopic (exact) mass is 360 g/mol. The fourth-order valence-corrected chi connectivity index (χ4v) is 2.86. The molecule has 1 aromatic heterocycles. The van der Waals surface area contributed by atoms with Crippen LogP contribution in [0.15, 0.2) is 47.6 Å². The molecular formula is C16H13FN4O3S. The van der Waals surface area contributed by atoms with Crippen molar-refractivity contribution in [1.82, 2.24) is 15.3 Å². The number of imidazole rings is 1. The number of halogens is 1. The molecule has 128 valence electrons. The number of carbonyl (C=O) groups is 1. The average Bonchev–Trinajstić information content (AvgIpc) is 3.01. The minimum absolute atomic E-state index is 0.0234. The maximum absolute atomic E-state index is 12.8. The van der Waals surface area contributed by atoms with E-state index in [1.54, 1.807) is 18.2 Å². The number of rotatable bonds is 6. The summed E-state index contributed by atoms with van der Waals surface area (Å²) in [4.78, 5) is 29.4. The van der Waals surface area contributed by atoms with E-state index in [2.05, 4.69) is 15.3 Å². The number of nitrogens with zero attached hydrogens (tertiary/aromatic N) is 2. The number of H-pyrrole nitrogens is 1. The standard InChI is InChI=1S/C16H13FN4O3S/c17-11-3-1-10(2-4-11)8-18-15(22)9-25-16-19-13-6-5-12(21(23)24)7-14(13)20-16/h1-7H,8-9H2,(H,18,22)(H,19,20). The van der Waals surface area contributed by atoms with Gasteiger partial charge < -0.3 is 10.3 Å². The maximum atomic E-state index is 12.8. The topological polar surface area (TPSA) is 101 Å². The number of nitrogens with one attached hydrogen (secondary N) is 2. The molecule has 0 bridgehead atoms. The Morgan fingerprint density at radius 2 is 2.04 bits per heavy atom. The van der Waals surface area contributed by atoms with Crippen molar-refractivity contribution in [2.24, 2.45) is 0 Å². The first kappa shape index (κ1) is 16.9. The van der Waals surface area contributed by atoms with E-state index < -0.39 is 4.92 Å². The first-order valence-corrected chi connectivity index (χ1v) is 8.28. The lowest BCUT2D eigenvalue weighted by atomic mass is 10.2. The molecule has 7 nitrogen and oxygen atoms in total. The van der Waals surface area contributed by atoms with Crippen LogP contribution in [0.2, 0.25) is 0 Å². The number of aromatic nitrogens is 2. The van der Waals surface area contributed by atoms with E-state index >= 15 is 0 Å². The van der Waals surface area contributed by atoms with Crippen LogP contribution in [-0.4, -0.2) is 26.6 Å². The maximum Gasteiger partial charge on any atom is 0.271 e. The fourth-order valence-electron chi connectivity index (χ4n) is 2.14. The van der Waals surface area contributed by atoms with Gasteiger partial charge in [0.25, 0.3) is 5.69 Å². The summed E-state index contributed by atoms with van der Waals surface area (Å²) in [6.07, 6.45) is 0. The zero-order chi connectivity index (χ0) is 17.8. The summed E-state index contributed by atoms with van der Waals surface area (Å²) < 4.78 is 12.8. The highest BCUT2D eigenvalue weighted by molar-refractivity contribution is 7.99. The first-order valence-electron chi connectivity index (χ1n) is 7.29. The summed E-state index contributed by atoms with van der Waals surface area (Å²) in [6.45, 7) is 0.312. The second kappa shape index (κ2) is 7.31. The van der Waals surface area contributed by atoms with Crippen molar-refractivity contribution >= 4 is 34.4 Å². The Morgan fingerprint density at radius 3 is 2.76 bits per heavy atom. The number of fused-ring (bicyclic) bond motifs is 1. The van der Waals surface area contributed by atoms with Crippen molar-refractivity contribution in [3.63, 3.8) is 0 Å². The molecule has 3 aromatic rings. The van der Waals surface area contributed by atoms with Gasteiger partial charge in [-0.3, -0.25) is 14.9 Å². The number of non-ortho nitro benzene ring substituents is 1. The van der Waals surface area contributed by atoms with E-state index in [1.807, 2.05) is 0 Å². The van der Waals surface area contributed by atoms with Crippen molar-refractivity contribution in [2.45, 2.75) is 11.7 Å². The second-order valence-electron chi connectivity index (χ2n) is 5.19. The lowest BCUT2D eigenvalue weighted by Gasteiger charge is -2.04. The number of hydrogen-bond donors (Lipinski definition) is 2. The summed E-state index contributed by atoms with van der Waals surface area (Å²) in [5.41, 5.74) is 1.92. The van der Waals surface area contributed by atoms with Crippen LogP contribution in [0.25, 0.3) is 11.0 Å². The second-order valence-corrected chi connectivity index (χ2v) is 6.16. The highest BCUT2D eigenvalue weighted by Gasteiger charge is 2.11. The molecule has 0 spiro atoms. The molecule has 2 aromatic carbocycles. The Hall–Kier alpha value is -2.94. The van der Waals surface area contributed by atoms with E-state index in [4.69, 9.17) is 0 Å². The van der Waals surface area contributed by atoms with E-state index in [9.17, 15) is 19.3 Å². The Labute approximate surface area is 145 Å².